The van der Waals surface area contributed by atoms with Gasteiger partial charge in [-0.05, 0) is 30.3 Å². The van der Waals surface area contributed by atoms with Gasteiger partial charge in [-0.1, -0.05) is 18.2 Å². The second kappa shape index (κ2) is 8.89. The van der Waals surface area contributed by atoms with E-state index in [0.29, 0.717) is 31.9 Å². The molecule has 8 nitrogen and oxygen atoms in total. The zero-order chi connectivity index (χ0) is 22.0. The Balaban J connectivity index is 1.55. The Morgan fingerprint density at radius 3 is 2.45 bits per heavy atom. The van der Waals surface area contributed by atoms with Gasteiger partial charge in [-0.3, -0.25) is 14.5 Å². The van der Waals surface area contributed by atoms with Crippen molar-refractivity contribution < 1.29 is 22.7 Å². The molecule has 1 saturated heterocycles. The molecule has 2 aliphatic rings. The SMILES string of the molecule is COC(=O)CN1C(=O)CSc2ccc(S(=O)(=O)N3CCN(c4ccccc4)CC3)cc21. The molecule has 0 saturated carbocycles. The average Bonchev–Trinajstić information content (AvgIpc) is 2.81. The largest absolute Gasteiger partial charge is 0.468 e. The summed E-state index contributed by atoms with van der Waals surface area (Å²) in [5.74, 6) is -0.622. The van der Waals surface area contributed by atoms with Gasteiger partial charge >= 0.3 is 5.97 Å². The normalized spacial score (nSPS) is 17.4. The van der Waals surface area contributed by atoms with Crippen molar-refractivity contribution in [2.45, 2.75) is 9.79 Å². The highest BCUT2D eigenvalue weighted by atomic mass is 32.2. The fourth-order valence-electron chi connectivity index (χ4n) is 3.68. The number of carbonyl (C=O) groups excluding carboxylic acids is 2. The zero-order valence-electron chi connectivity index (χ0n) is 17.1. The number of methoxy groups -OCH3 is 1. The van der Waals surface area contributed by atoms with E-state index in [4.69, 9.17) is 0 Å². The van der Waals surface area contributed by atoms with Crippen LogP contribution in [-0.2, 0) is 24.3 Å². The Labute approximate surface area is 185 Å². The van der Waals surface area contributed by atoms with Gasteiger partial charge in [-0.25, -0.2) is 8.42 Å². The lowest BCUT2D eigenvalue weighted by molar-refractivity contribution is -0.139. The molecule has 10 heteroatoms. The van der Waals surface area contributed by atoms with Crippen LogP contribution in [0.3, 0.4) is 0 Å². The molecule has 164 valence electrons. The Kier molecular flexibility index (Phi) is 6.22. The number of rotatable bonds is 5. The summed E-state index contributed by atoms with van der Waals surface area (Å²) in [5.41, 5.74) is 1.50. The molecule has 31 heavy (non-hydrogen) atoms. The standard InChI is InChI=1S/C21H23N3O5S2/c1-29-21(26)14-24-18-13-17(7-8-19(18)30-15-20(24)25)31(27,28)23-11-9-22(10-12-23)16-5-3-2-4-6-16/h2-8,13H,9-12,14-15H2,1H3. The Morgan fingerprint density at radius 2 is 1.77 bits per heavy atom. The number of anilines is 2. The van der Waals surface area contributed by atoms with Gasteiger partial charge in [0.1, 0.15) is 6.54 Å². The molecule has 2 aliphatic heterocycles. The molecule has 1 amide bonds. The fourth-order valence-corrected chi connectivity index (χ4v) is 6.04. The number of carbonyl (C=O) groups is 2. The van der Waals surface area contributed by atoms with Crippen LogP contribution in [0.15, 0.2) is 58.3 Å². The summed E-state index contributed by atoms with van der Waals surface area (Å²) < 4.78 is 32.7. The number of para-hydroxylation sites is 1. The maximum Gasteiger partial charge on any atom is 0.325 e. The molecule has 0 radical (unpaired) electrons. The molecule has 0 unspecified atom stereocenters. The fraction of sp³-hybridized carbons (Fsp3) is 0.333. The van der Waals surface area contributed by atoms with Crippen LogP contribution < -0.4 is 9.80 Å². The van der Waals surface area contributed by atoms with E-state index in [9.17, 15) is 18.0 Å². The van der Waals surface area contributed by atoms with Crippen LogP contribution in [0.2, 0.25) is 0 Å². The highest BCUT2D eigenvalue weighted by Gasteiger charge is 2.32. The van der Waals surface area contributed by atoms with E-state index in [1.807, 2.05) is 30.3 Å². The summed E-state index contributed by atoms with van der Waals surface area (Å²) in [5, 5.41) is 0. The Hall–Kier alpha value is -2.56. The first-order valence-corrected chi connectivity index (χ1v) is 12.3. The topological polar surface area (TPSA) is 87.2 Å². The number of amides is 1. The highest BCUT2D eigenvalue weighted by Crippen LogP contribution is 2.37. The third-order valence-corrected chi connectivity index (χ3v) is 8.33. The third kappa shape index (κ3) is 4.41. The van der Waals surface area contributed by atoms with E-state index >= 15 is 0 Å². The van der Waals surface area contributed by atoms with Crippen LogP contribution in [0.25, 0.3) is 0 Å². The van der Waals surface area contributed by atoms with E-state index in [1.165, 1.54) is 34.1 Å². The number of hydrogen-bond donors (Lipinski definition) is 0. The van der Waals surface area contributed by atoms with Crippen LogP contribution >= 0.6 is 11.8 Å². The molecule has 0 aliphatic carbocycles. The van der Waals surface area contributed by atoms with Gasteiger partial charge in [0.2, 0.25) is 15.9 Å². The molecule has 1 fully saturated rings. The molecule has 2 aromatic carbocycles. The lowest BCUT2D eigenvalue weighted by atomic mass is 10.2. The minimum atomic E-state index is -3.73. The summed E-state index contributed by atoms with van der Waals surface area (Å²) >= 11 is 1.33. The van der Waals surface area contributed by atoms with Crippen LogP contribution in [0, 0.1) is 0 Å². The van der Waals surface area contributed by atoms with Gasteiger partial charge in [-0.2, -0.15) is 4.31 Å². The first-order chi connectivity index (χ1) is 14.9. The summed E-state index contributed by atoms with van der Waals surface area (Å²) in [7, 11) is -2.48. The zero-order valence-corrected chi connectivity index (χ0v) is 18.7. The van der Waals surface area contributed by atoms with Crippen LogP contribution in [0.1, 0.15) is 0 Å². The Bertz CT molecular complexity index is 1080. The number of fused-ring (bicyclic) bond motifs is 1. The lowest BCUT2D eigenvalue weighted by Gasteiger charge is -2.35. The molecule has 0 atom stereocenters. The van der Waals surface area contributed by atoms with Crippen molar-refractivity contribution in [3.05, 3.63) is 48.5 Å². The van der Waals surface area contributed by atoms with Crippen molar-refractivity contribution in [3.63, 3.8) is 0 Å². The van der Waals surface area contributed by atoms with Gasteiger partial charge in [0, 0.05) is 36.8 Å². The molecule has 0 aromatic heterocycles. The van der Waals surface area contributed by atoms with Gasteiger partial charge in [0.05, 0.1) is 23.4 Å². The number of hydrogen-bond acceptors (Lipinski definition) is 7. The van der Waals surface area contributed by atoms with Crippen molar-refractivity contribution in [3.8, 4) is 0 Å². The van der Waals surface area contributed by atoms with Crippen molar-refractivity contribution in [2.24, 2.45) is 0 Å². The number of benzene rings is 2. The van der Waals surface area contributed by atoms with Crippen LogP contribution in [0.4, 0.5) is 11.4 Å². The molecule has 4 rings (SSSR count). The van der Waals surface area contributed by atoms with Crippen molar-refractivity contribution in [2.75, 3.05) is 55.4 Å². The smallest absolute Gasteiger partial charge is 0.325 e. The lowest BCUT2D eigenvalue weighted by Crippen LogP contribution is -2.48. The second-order valence-electron chi connectivity index (χ2n) is 7.20. The maximum atomic E-state index is 13.3. The van der Waals surface area contributed by atoms with E-state index in [-0.39, 0.29) is 23.1 Å². The minimum Gasteiger partial charge on any atom is -0.468 e. The first kappa shape index (κ1) is 21.7. The van der Waals surface area contributed by atoms with E-state index < -0.39 is 16.0 Å². The monoisotopic (exact) mass is 461 g/mol. The van der Waals surface area contributed by atoms with E-state index in [2.05, 4.69) is 9.64 Å². The number of esters is 1. The summed E-state index contributed by atoms with van der Waals surface area (Å²) in [6, 6.07) is 14.7. The number of sulfonamides is 1. The molecule has 0 bridgehead atoms. The maximum absolute atomic E-state index is 13.3. The van der Waals surface area contributed by atoms with Crippen LogP contribution in [-0.4, -0.2) is 70.2 Å². The first-order valence-electron chi connectivity index (χ1n) is 9.84. The van der Waals surface area contributed by atoms with Crippen molar-refractivity contribution >= 4 is 45.0 Å². The highest BCUT2D eigenvalue weighted by molar-refractivity contribution is 8.00. The summed E-state index contributed by atoms with van der Waals surface area (Å²) in [6.45, 7) is 1.68. The molecule has 2 aromatic rings. The van der Waals surface area contributed by atoms with Gasteiger partial charge in [0.15, 0.2) is 0 Å². The third-order valence-electron chi connectivity index (χ3n) is 5.39. The summed E-state index contributed by atoms with van der Waals surface area (Å²) in [4.78, 5) is 28.5. The number of ether oxygens (including phenoxy) is 1. The van der Waals surface area contributed by atoms with E-state index in [1.54, 1.807) is 12.1 Å². The number of thioether (sulfide) groups is 1. The molecule has 0 spiro atoms. The van der Waals surface area contributed by atoms with Crippen molar-refractivity contribution in [1.29, 1.82) is 0 Å². The summed E-state index contributed by atoms with van der Waals surface area (Å²) in [6.07, 6.45) is 0. The number of nitrogens with zero attached hydrogens (tertiary/aromatic N) is 3. The van der Waals surface area contributed by atoms with Gasteiger partial charge < -0.3 is 9.64 Å². The molecular formula is C21H23N3O5S2. The average molecular weight is 462 g/mol. The van der Waals surface area contributed by atoms with Gasteiger partial charge in [0.25, 0.3) is 0 Å². The molecular weight excluding hydrogens is 438 g/mol. The quantitative estimate of drug-likeness (QED) is 0.628. The minimum absolute atomic E-state index is 0.115. The molecule has 2 heterocycles. The predicted molar refractivity (Wildman–Crippen MR) is 119 cm³/mol. The Morgan fingerprint density at radius 1 is 1.06 bits per heavy atom. The molecule has 0 N–H and O–H groups in total. The number of piperazine rings is 1. The van der Waals surface area contributed by atoms with Crippen LogP contribution in [0.5, 0.6) is 0 Å². The predicted octanol–water partition coefficient (Wildman–Crippen LogP) is 1.81. The second-order valence-corrected chi connectivity index (χ2v) is 10.2. The van der Waals surface area contributed by atoms with E-state index in [0.717, 1.165) is 10.6 Å². The van der Waals surface area contributed by atoms with Crippen molar-refractivity contribution in [1.82, 2.24) is 4.31 Å². The van der Waals surface area contributed by atoms with Gasteiger partial charge in [-0.15, -0.1) is 11.8 Å².